The van der Waals surface area contributed by atoms with Crippen molar-refractivity contribution in [3.8, 4) is 0 Å². The van der Waals surface area contributed by atoms with E-state index in [1.54, 1.807) is 10.8 Å². The van der Waals surface area contributed by atoms with Crippen molar-refractivity contribution in [1.82, 2.24) is 20.1 Å². The van der Waals surface area contributed by atoms with Crippen molar-refractivity contribution in [2.24, 2.45) is 7.05 Å². The first-order valence-corrected chi connectivity index (χ1v) is 9.02. The van der Waals surface area contributed by atoms with Crippen LogP contribution in [-0.2, 0) is 27.8 Å². The fourth-order valence-electron chi connectivity index (χ4n) is 3.27. The molecule has 2 aromatic heterocycles. The number of aromatic nitrogens is 3. The molecule has 2 heterocycles. The Labute approximate surface area is 163 Å². The zero-order chi connectivity index (χ0) is 20.3. The number of fused-ring (bicyclic) bond motifs is 1. The minimum Gasteiger partial charge on any atom is -0.467 e. The van der Waals surface area contributed by atoms with Crippen LogP contribution in [0.5, 0.6) is 0 Å². The number of nitrogens with zero attached hydrogens (tertiary/aromatic N) is 2. The van der Waals surface area contributed by atoms with Gasteiger partial charge in [0.05, 0.1) is 12.8 Å². The fourth-order valence-corrected chi connectivity index (χ4v) is 3.27. The van der Waals surface area contributed by atoms with E-state index < -0.39 is 12.0 Å². The third kappa shape index (κ3) is 3.98. The van der Waals surface area contributed by atoms with Crippen molar-refractivity contribution in [3.63, 3.8) is 0 Å². The average Bonchev–Trinajstić information content (AvgIpc) is 3.19. The molecule has 0 bridgehead atoms. The summed E-state index contributed by atoms with van der Waals surface area (Å²) in [5.74, 6) is -0.848. The van der Waals surface area contributed by atoms with Crippen molar-refractivity contribution in [3.05, 3.63) is 59.1 Å². The Kier molecular flexibility index (Phi) is 5.63. The molecule has 2 N–H and O–H groups in total. The highest BCUT2D eigenvalue weighted by Crippen LogP contribution is 2.19. The maximum atomic E-state index is 12.4. The molecular formula is C21H24N4O3. The molecule has 0 saturated carbocycles. The molecule has 7 heteroatoms. The molecule has 3 aromatic rings. The molecule has 0 radical (unpaired) electrons. The molecule has 0 fully saturated rings. The van der Waals surface area contributed by atoms with E-state index >= 15 is 0 Å². The van der Waals surface area contributed by atoms with Gasteiger partial charge in [0.2, 0.25) is 5.91 Å². The lowest BCUT2D eigenvalue weighted by molar-refractivity contribution is -0.144. The topological polar surface area (TPSA) is 89.0 Å². The molecule has 1 unspecified atom stereocenters. The molecule has 0 aliphatic carbocycles. The van der Waals surface area contributed by atoms with E-state index in [9.17, 15) is 9.59 Å². The smallest absolute Gasteiger partial charge is 0.328 e. The number of esters is 1. The van der Waals surface area contributed by atoms with E-state index in [4.69, 9.17) is 4.74 Å². The number of rotatable bonds is 6. The molecular weight excluding hydrogens is 356 g/mol. The van der Waals surface area contributed by atoms with Gasteiger partial charge in [-0.1, -0.05) is 18.2 Å². The van der Waals surface area contributed by atoms with Gasteiger partial charge in [-0.25, -0.2) is 4.79 Å². The summed E-state index contributed by atoms with van der Waals surface area (Å²) in [6.07, 6.45) is 5.32. The first kappa shape index (κ1) is 19.4. The summed E-state index contributed by atoms with van der Waals surface area (Å²) in [7, 11) is 3.17. The van der Waals surface area contributed by atoms with Gasteiger partial charge in [0.15, 0.2) is 0 Å². The summed E-state index contributed by atoms with van der Waals surface area (Å²) in [4.78, 5) is 27.8. The Morgan fingerprint density at radius 1 is 1.32 bits per heavy atom. The number of nitrogens with one attached hydrogen (secondary N) is 2. The van der Waals surface area contributed by atoms with Crippen LogP contribution in [0.3, 0.4) is 0 Å². The second-order valence-electron chi connectivity index (χ2n) is 6.69. The van der Waals surface area contributed by atoms with Crippen LogP contribution in [0.25, 0.3) is 17.0 Å². The molecule has 1 aromatic carbocycles. The van der Waals surface area contributed by atoms with Crippen LogP contribution in [0, 0.1) is 13.8 Å². The lowest BCUT2D eigenvalue weighted by Crippen LogP contribution is -2.42. The van der Waals surface area contributed by atoms with Gasteiger partial charge in [-0.2, -0.15) is 5.10 Å². The van der Waals surface area contributed by atoms with Gasteiger partial charge < -0.3 is 15.0 Å². The SMILES string of the molecule is COC(=O)C(Cc1c[nH]c2ccccc12)NC(=O)/C=C/c1c(C)nn(C)c1C. The van der Waals surface area contributed by atoms with Gasteiger partial charge in [0, 0.05) is 47.9 Å². The molecule has 0 saturated heterocycles. The summed E-state index contributed by atoms with van der Waals surface area (Å²) >= 11 is 0. The molecule has 146 valence electrons. The van der Waals surface area contributed by atoms with E-state index in [-0.39, 0.29) is 5.91 Å². The summed E-state index contributed by atoms with van der Waals surface area (Å²) in [6.45, 7) is 3.82. The number of para-hydroxylation sites is 1. The van der Waals surface area contributed by atoms with E-state index in [1.165, 1.54) is 13.2 Å². The van der Waals surface area contributed by atoms with Crippen molar-refractivity contribution in [2.45, 2.75) is 26.3 Å². The van der Waals surface area contributed by atoms with Crippen LogP contribution in [0.4, 0.5) is 0 Å². The van der Waals surface area contributed by atoms with E-state index in [2.05, 4.69) is 15.4 Å². The minimum atomic E-state index is -0.780. The van der Waals surface area contributed by atoms with Gasteiger partial charge in [0.25, 0.3) is 0 Å². The van der Waals surface area contributed by atoms with Crippen LogP contribution < -0.4 is 5.32 Å². The first-order valence-electron chi connectivity index (χ1n) is 9.02. The molecule has 28 heavy (non-hydrogen) atoms. The standard InChI is InChI=1S/C21H24N4O3/c1-13-16(14(2)25(3)24-13)9-10-20(26)23-19(21(27)28-4)11-15-12-22-18-8-6-5-7-17(15)18/h5-10,12,19,22H,11H2,1-4H3,(H,23,26)/b10-9+. The lowest BCUT2D eigenvalue weighted by Gasteiger charge is -2.15. The zero-order valence-electron chi connectivity index (χ0n) is 16.4. The highest BCUT2D eigenvalue weighted by Gasteiger charge is 2.22. The number of amides is 1. The quantitative estimate of drug-likeness (QED) is 0.508. The molecule has 1 atom stereocenters. The number of H-pyrrole nitrogens is 1. The molecule has 1 amide bonds. The number of methoxy groups -OCH3 is 1. The number of aryl methyl sites for hydroxylation is 2. The molecule has 3 rings (SSSR count). The number of carbonyl (C=O) groups excluding carboxylic acids is 2. The van der Waals surface area contributed by atoms with Crippen molar-refractivity contribution in [2.75, 3.05) is 7.11 Å². The summed E-state index contributed by atoms with van der Waals surface area (Å²) in [5.41, 5.74) is 4.62. The van der Waals surface area contributed by atoms with E-state index in [0.29, 0.717) is 6.42 Å². The Morgan fingerprint density at radius 3 is 2.75 bits per heavy atom. The fraction of sp³-hybridized carbons (Fsp3) is 0.286. The largest absolute Gasteiger partial charge is 0.467 e. The Morgan fingerprint density at radius 2 is 2.07 bits per heavy atom. The molecule has 0 spiro atoms. The van der Waals surface area contributed by atoms with Crippen LogP contribution >= 0.6 is 0 Å². The zero-order valence-corrected chi connectivity index (χ0v) is 16.4. The Hall–Kier alpha value is -3.35. The molecule has 7 nitrogen and oxygen atoms in total. The van der Waals surface area contributed by atoms with Gasteiger partial charge in [-0.3, -0.25) is 9.48 Å². The number of aromatic amines is 1. The van der Waals surface area contributed by atoms with Crippen LogP contribution in [-0.4, -0.2) is 39.8 Å². The highest BCUT2D eigenvalue weighted by atomic mass is 16.5. The average molecular weight is 380 g/mol. The summed E-state index contributed by atoms with van der Waals surface area (Å²) in [5, 5.41) is 8.09. The second kappa shape index (κ2) is 8.12. The number of carbonyl (C=O) groups is 2. The minimum absolute atomic E-state index is 0.335. The van der Waals surface area contributed by atoms with Crippen molar-refractivity contribution >= 4 is 28.9 Å². The summed E-state index contributed by atoms with van der Waals surface area (Å²) < 4.78 is 6.64. The predicted molar refractivity (Wildman–Crippen MR) is 108 cm³/mol. The maximum Gasteiger partial charge on any atom is 0.328 e. The predicted octanol–water partition coefficient (Wildman–Crippen LogP) is 2.43. The van der Waals surface area contributed by atoms with Crippen molar-refractivity contribution in [1.29, 1.82) is 0 Å². The normalized spacial score (nSPS) is 12.4. The molecule has 0 aliphatic rings. The third-order valence-electron chi connectivity index (χ3n) is 4.87. The van der Waals surface area contributed by atoms with Crippen LogP contribution in [0.15, 0.2) is 36.5 Å². The molecule has 0 aliphatic heterocycles. The van der Waals surface area contributed by atoms with Gasteiger partial charge in [-0.15, -0.1) is 0 Å². The van der Waals surface area contributed by atoms with Crippen LogP contribution in [0.1, 0.15) is 22.5 Å². The summed E-state index contributed by atoms with van der Waals surface area (Å²) in [6, 6.07) is 7.04. The monoisotopic (exact) mass is 380 g/mol. The van der Waals surface area contributed by atoms with Crippen LogP contribution in [0.2, 0.25) is 0 Å². The Balaban J connectivity index is 1.76. The van der Waals surface area contributed by atoms with Gasteiger partial charge in [0.1, 0.15) is 6.04 Å². The maximum absolute atomic E-state index is 12.4. The Bertz CT molecular complexity index is 1050. The van der Waals surface area contributed by atoms with E-state index in [0.717, 1.165) is 33.4 Å². The third-order valence-corrected chi connectivity index (χ3v) is 4.87. The number of benzene rings is 1. The lowest BCUT2D eigenvalue weighted by atomic mass is 10.0. The first-order chi connectivity index (χ1) is 13.4. The van der Waals surface area contributed by atoms with Gasteiger partial charge in [-0.05, 0) is 31.6 Å². The highest BCUT2D eigenvalue weighted by molar-refractivity contribution is 5.95. The number of hydrogen-bond acceptors (Lipinski definition) is 4. The number of hydrogen-bond donors (Lipinski definition) is 2. The van der Waals surface area contributed by atoms with E-state index in [1.807, 2.05) is 51.4 Å². The van der Waals surface area contributed by atoms with Crippen molar-refractivity contribution < 1.29 is 14.3 Å². The van der Waals surface area contributed by atoms with Gasteiger partial charge >= 0.3 is 5.97 Å². The number of ether oxygens (including phenoxy) is 1. The second-order valence-corrected chi connectivity index (χ2v) is 6.69.